The first-order valence-corrected chi connectivity index (χ1v) is 11.5. The lowest BCUT2D eigenvalue weighted by atomic mass is 9.95. The van der Waals surface area contributed by atoms with E-state index in [4.69, 9.17) is 0 Å². The van der Waals surface area contributed by atoms with E-state index in [-0.39, 0.29) is 35.9 Å². The van der Waals surface area contributed by atoms with Crippen LogP contribution in [0, 0.1) is 12.8 Å². The maximum atomic E-state index is 13.5. The summed E-state index contributed by atoms with van der Waals surface area (Å²) in [5.41, 5.74) is 2.15. The predicted molar refractivity (Wildman–Crippen MR) is 128 cm³/mol. The first-order valence-electron chi connectivity index (χ1n) is 11.5. The number of hydrogen-bond acceptors (Lipinski definition) is 4. The van der Waals surface area contributed by atoms with E-state index in [9.17, 15) is 14.4 Å². The summed E-state index contributed by atoms with van der Waals surface area (Å²) in [5, 5.41) is 0.529. The predicted octanol–water partition coefficient (Wildman–Crippen LogP) is 3.52. The Morgan fingerprint density at radius 3 is 2.61 bits per heavy atom. The molecule has 33 heavy (non-hydrogen) atoms. The molecular weight excluding hydrogens is 416 g/mol. The molecule has 2 aromatic carbocycles. The number of amides is 2. The molecule has 0 unspecified atom stereocenters. The number of fused-ring (bicyclic) bond motifs is 1. The molecule has 1 atom stereocenters. The van der Waals surface area contributed by atoms with Crippen molar-refractivity contribution in [1.29, 1.82) is 0 Å². The molecule has 0 aliphatic carbocycles. The van der Waals surface area contributed by atoms with Gasteiger partial charge in [-0.25, -0.2) is 4.98 Å². The van der Waals surface area contributed by atoms with Gasteiger partial charge < -0.3 is 14.8 Å². The molecule has 1 fully saturated rings. The molecule has 0 spiro atoms. The Bertz CT molecular complexity index is 1220. The number of rotatable bonds is 5. The zero-order valence-electron chi connectivity index (χ0n) is 19.4. The minimum atomic E-state index is -0.275. The SMILES string of the molecule is Cc1ccc(C(=O)N2CCC[C@@H](C(=O)N(Cc3nc4ccccc4c(=O)[nH]3)C(C)C)C2)cc1. The number of nitrogens with one attached hydrogen (secondary N) is 1. The summed E-state index contributed by atoms with van der Waals surface area (Å²) >= 11 is 0. The van der Waals surface area contributed by atoms with E-state index in [2.05, 4.69) is 9.97 Å². The number of hydrogen-bond donors (Lipinski definition) is 1. The van der Waals surface area contributed by atoms with E-state index in [0.29, 0.717) is 35.4 Å². The van der Waals surface area contributed by atoms with Crippen LogP contribution in [0.2, 0.25) is 0 Å². The number of aromatic nitrogens is 2. The maximum Gasteiger partial charge on any atom is 0.258 e. The number of nitrogens with zero attached hydrogens (tertiary/aromatic N) is 3. The molecule has 1 aliphatic rings. The third-order valence-electron chi connectivity index (χ3n) is 6.24. The fourth-order valence-electron chi connectivity index (χ4n) is 4.36. The molecule has 0 radical (unpaired) electrons. The van der Waals surface area contributed by atoms with Crippen molar-refractivity contribution in [3.63, 3.8) is 0 Å². The second-order valence-corrected chi connectivity index (χ2v) is 9.05. The lowest BCUT2D eigenvalue weighted by Crippen LogP contribution is -2.48. The first kappa shape index (κ1) is 22.7. The summed E-state index contributed by atoms with van der Waals surface area (Å²) in [5.74, 6) is 0.137. The highest BCUT2D eigenvalue weighted by Gasteiger charge is 2.33. The van der Waals surface area contributed by atoms with Crippen LogP contribution in [0.1, 0.15) is 48.4 Å². The molecule has 0 bridgehead atoms. The summed E-state index contributed by atoms with van der Waals surface area (Å²) in [6.07, 6.45) is 1.52. The molecule has 1 aliphatic heterocycles. The Morgan fingerprint density at radius 1 is 1.15 bits per heavy atom. The number of likely N-dealkylation sites (tertiary alicyclic amines) is 1. The number of aryl methyl sites for hydroxylation is 1. The van der Waals surface area contributed by atoms with Gasteiger partial charge in [0.1, 0.15) is 5.82 Å². The summed E-state index contributed by atoms with van der Waals surface area (Å²) < 4.78 is 0. The zero-order chi connectivity index (χ0) is 23.5. The lowest BCUT2D eigenvalue weighted by Gasteiger charge is -2.36. The topological polar surface area (TPSA) is 86.4 Å². The molecule has 0 saturated carbocycles. The van der Waals surface area contributed by atoms with E-state index in [1.165, 1.54) is 0 Å². The third-order valence-corrected chi connectivity index (χ3v) is 6.24. The number of carbonyl (C=O) groups excluding carboxylic acids is 2. The van der Waals surface area contributed by atoms with Gasteiger partial charge in [0.05, 0.1) is 23.4 Å². The molecule has 1 N–H and O–H groups in total. The van der Waals surface area contributed by atoms with Gasteiger partial charge in [-0.2, -0.15) is 0 Å². The Balaban J connectivity index is 1.51. The van der Waals surface area contributed by atoms with Crippen LogP contribution in [-0.2, 0) is 11.3 Å². The van der Waals surface area contributed by atoms with Crippen molar-refractivity contribution in [1.82, 2.24) is 19.8 Å². The molecule has 7 heteroatoms. The van der Waals surface area contributed by atoms with Crippen molar-refractivity contribution < 1.29 is 9.59 Å². The highest BCUT2D eigenvalue weighted by Crippen LogP contribution is 2.23. The number of aromatic amines is 1. The summed E-state index contributed by atoms with van der Waals surface area (Å²) in [7, 11) is 0. The Morgan fingerprint density at radius 2 is 1.88 bits per heavy atom. The number of carbonyl (C=O) groups is 2. The second-order valence-electron chi connectivity index (χ2n) is 9.05. The van der Waals surface area contributed by atoms with Crippen molar-refractivity contribution in [2.45, 2.75) is 46.2 Å². The summed E-state index contributed by atoms with van der Waals surface area (Å²) in [4.78, 5) is 49.9. The molecule has 172 valence electrons. The van der Waals surface area contributed by atoms with Crippen LogP contribution in [0.5, 0.6) is 0 Å². The number of benzene rings is 2. The largest absolute Gasteiger partial charge is 0.338 e. The van der Waals surface area contributed by atoms with Crippen molar-refractivity contribution >= 4 is 22.7 Å². The maximum absolute atomic E-state index is 13.5. The Labute approximate surface area is 193 Å². The Kier molecular flexibility index (Phi) is 6.58. The summed E-state index contributed by atoms with van der Waals surface area (Å²) in [6.45, 7) is 7.17. The van der Waals surface area contributed by atoms with E-state index in [1.807, 2.05) is 51.1 Å². The van der Waals surface area contributed by atoms with Crippen LogP contribution in [0.3, 0.4) is 0 Å². The minimum Gasteiger partial charge on any atom is -0.338 e. The highest BCUT2D eigenvalue weighted by atomic mass is 16.2. The average molecular weight is 447 g/mol. The molecule has 2 heterocycles. The standard InChI is InChI=1S/C26H30N4O3/c1-17(2)30(16-23-27-22-9-5-4-8-21(22)24(31)28-23)26(33)20-7-6-14-29(15-20)25(32)19-12-10-18(3)11-13-19/h4-5,8-13,17,20H,6-7,14-16H2,1-3H3,(H,27,28,31)/t20-/m1/s1. The van der Waals surface area contributed by atoms with Crippen LogP contribution in [0.15, 0.2) is 53.3 Å². The van der Waals surface area contributed by atoms with Gasteiger partial charge in [0.15, 0.2) is 0 Å². The van der Waals surface area contributed by atoms with Gasteiger partial charge in [-0.1, -0.05) is 29.8 Å². The van der Waals surface area contributed by atoms with E-state index in [1.54, 1.807) is 28.0 Å². The number of H-pyrrole nitrogens is 1. The van der Waals surface area contributed by atoms with Gasteiger partial charge >= 0.3 is 0 Å². The van der Waals surface area contributed by atoms with Crippen LogP contribution < -0.4 is 5.56 Å². The van der Waals surface area contributed by atoms with Crippen molar-refractivity contribution in [3.05, 3.63) is 75.8 Å². The van der Waals surface area contributed by atoms with Crippen LogP contribution >= 0.6 is 0 Å². The van der Waals surface area contributed by atoms with Crippen LogP contribution in [0.4, 0.5) is 0 Å². The smallest absolute Gasteiger partial charge is 0.258 e. The van der Waals surface area contributed by atoms with Gasteiger partial charge in [0, 0.05) is 24.7 Å². The van der Waals surface area contributed by atoms with E-state index >= 15 is 0 Å². The molecular formula is C26H30N4O3. The fourth-order valence-corrected chi connectivity index (χ4v) is 4.36. The second kappa shape index (κ2) is 9.57. The van der Waals surface area contributed by atoms with Crippen molar-refractivity contribution in [3.8, 4) is 0 Å². The van der Waals surface area contributed by atoms with Gasteiger partial charge in [-0.05, 0) is 57.9 Å². The monoisotopic (exact) mass is 446 g/mol. The fraction of sp³-hybridized carbons (Fsp3) is 0.385. The quantitative estimate of drug-likeness (QED) is 0.650. The normalized spacial score (nSPS) is 16.2. The number of piperidine rings is 1. The van der Waals surface area contributed by atoms with E-state index < -0.39 is 0 Å². The van der Waals surface area contributed by atoms with Crippen molar-refractivity contribution in [2.75, 3.05) is 13.1 Å². The van der Waals surface area contributed by atoms with Crippen LogP contribution in [-0.4, -0.2) is 50.7 Å². The highest BCUT2D eigenvalue weighted by molar-refractivity contribution is 5.94. The third kappa shape index (κ3) is 4.97. The molecule has 7 nitrogen and oxygen atoms in total. The lowest BCUT2D eigenvalue weighted by molar-refractivity contribution is -0.139. The Hall–Kier alpha value is -3.48. The van der Waals surface area contributed by atoms with Crippen LogP contribution in [0.25, 0.3) is 10.9 Å². The van der Waals surface area contributed by atoms with E-state index in [0.717, 1.165) is 18.4 Å². The van der Waals surface area contributed by atoms with Gasteiger partial charge in [0.2, 0.25) is 5.91 Å². The molecule has 3 aromatic rings. The first-order chi connectivity index (χ1) is 15.8. The zero-order valence-corrected chi connectivity index (χ0v) is 19.4. The average Bonchev–Trinajstić information content (AvgIpc) is 2.82. The molecule has 4 rings (SSSR count). The minimum absolute atomic E-state index is 0.0118. The van der Waals surface area contributed by atoms with Crippen molar-refractivity contribution in [2.24, 2.45) is 5.92 Å². The van der Waals surface area contributed by atoms with Gasteiger partial charge in [-0.15, -0.1) is 0 Å². The summed E-state index contributed by atoms with van der Waals surface area (Å²) in [6, 6.07) is 14.6. The number of para-hydroxylation sites is 1. The molecule has 1 aromatic heterocycles. The van der Waals surface area contributed by atoms with Gasteiger partial charge in [-0.3, -0.25) is 14.4 Å². The van der Waals surface area contributed by atoms with Gasteiger partial charge in [0.25, 0.3) is 11.5 Å². The molecule has 2 amide bonds. The molecule has 1 saturated heterocycles.